The molecule has 0 amide bonds. The number of benzene rings is 1. The van der Waals surface area contributed by atoms with Gasteiger partial charge in [0, 0.05) is 0 Å². The lowest BCUT2D eigenvalue weighted by atomic mass is 10.0. The number of aliphatic hydroxyl groups is 2. The summed E-state index contributed by atoms with van der Waals surface area (Å²) < 4.78 is 0. The molecule has 0 radical (unpaired) electrons. The van der Waals surface area contributed by atoms with Crippen LogP contribution in [0, 0.1) is 0 Å². The zero-order valence-corrected chi connectivity index (χ0v) is 8.61. The molecule has 0 bridgehead atoms. The van der Waals surface area contributed by atoms with Crippen LogP contribution in [0.25, 0.3) is 0 Å². The van der Waals surface area contributed by atoms with E-state index in [4.69, 9.17) is 5.11 Å². The topological polar surface area (TPSA) is 40.5 Å². The SMILES string of the molecule is CCCC(O)Cc1cccc(CO)c1. The first kappa shape index (κ1) is 11.2. The van der Waals surface area contributed by atoms with Crippen LogP contribution in [0.15, 0.2) is 24.3 Å². The highest BCUT2D eigenvalue weighted by atomic mass is 16.3. The fourth-order valence-corrected chi connectivity index (χ4v) is 1.56. The van der Waals surface area contributed by atoms with Crippen LogP contribution < -0.4 is 0 Å². The van der Waals surface area contributed by atoms with Gasteiger partial charge in [0.2, 0.25) is 0 Å². The third-order valence-corrected chi connectivity index (χ3v) is 2.27. The van der Waals surface area contributed by atoms with Gasteiger partial charge in [-0.1, -0.05) is 37.6 Å². The Labute approximate surface area is 85.2 Å². The molecule has 1 unspecified atom stereocenters. The lowest BCUT2D eigenvalue weighted by Gasteiger charge is -2.09. The van der Waals surface area contributed by atoms with Gasteiger partial charge in [0.05, 0.1) is 12.7 Å². The molecule has 0 fully saturated rings. The Bertz CT molecular complexity index is 271. The summed E-state index contributed by atoms with van der Waals surface area (Å²) in [6, 6.07) is 7.73. The highest BCUT2D eigenvalue weighted by molar-refractivity contribution is 5.23. The second-order valence-corrected chi connectivity index (χ2v) is 3.62. The molecule has 1 aromatic carbocycles. The van der Waals surface area contributed by atoms with E-state index in [0.29, 0.717) is 6.42 Å². The van der Waals surface area contributed by atoms with E-state index in [2.05, 4.69) is 6.92 Å². The smallest absolute Gasteiger partial charge is 0.0681 e. The summed E-state index contributed by atoms with van der Waals surface area (Å²) >= 11 is 0. The van der Waals surface area contributed by atoms with Crippen molar-refractivity contribution >= 4 is 0 Å². The maximum Gasteiger partial charge on any atom is 0.0681 e. The zero-order valence-electron chi connectivity index (χ0n) is 8.61. The molecule has 0 heterocycles. The maximum absolute atomic E-state index is 9.60. The van der Waals surface area contributed by atoms with Crippen molar-refractivity contribution in [1.29, 1.82) is 0 Å². The van der Waals surface area contributed by atoms with Gasteiger partial charge in [0.1, 0.15) is 0 Å². The first-order valence-corrected chi connectivity index (χ1v) is 5.13. The van der Waals surface area contributed by atoms with Crippen molar-refractivity contribution in [2.45, 2.75) is 38.9 Å². The lowest BCUT2D eigenvalue weighted by Crippen LogP contribution is -2.09. The monoisotopic (exact) mass is 194 g/mol. The van der Waals surface area contributed by atoms with E-state index in [1.54, 1.807) is 0 Å². The molecule has 1 aromatic rings. The van der Waals surface area contributed by atoms with Gasteiger partial charge in [-0.3, -0.25) is 0 Å². The summed E-state index contributed by atoms with van der Waals surface area (Å²) in [6.45, 7) is 2.13. The average molecular weight is 194 g/mol. The third kappa shape index (κ3) is 3.48. The van der Waals surface area contributed by atoms with Gasteiger partial charge in [-0.2, -0.15) is 0 Å². The first-order chi connectivity index (χ1) is 6.76. The van der Waals surface area contributed by atoms with Gasteiger partial charge in [-0.15, -0.1) is 0 Å². The fraction of sp³-hybridized carbons (Fsp3) is 0.500. The minimum absolute atomic E-state index is 0.0672. The summed E-state index contributed by atoms with van der Waals surface area (Å²) in [4.78, 5) is 0. The molecule has 0 aliphatic rings. The highest BCUT2D eigenvalue weighted by Crippen LogP contribution is 2.10. The quantitative estimate of drug-likeness (QED) is 0.751. The van der Waals surface area contributed by atoms with E-state index in [-0.39, 0.29) is 12.7 Å². The molecule has 2 N–H and O–H groups in total. The second-order valence-electron chi connectivity index (χ2n) is 3.62. The summed E-state index contributed by atoms with van der Waals surface area (Å²) in [6.07, 6.45) is 2.26. The largest absolute Gasteiger partial charge is 0.393 e. The van der Waals surface area contributed by atoms with Gasteiger partial charge in [-0.25, -0.2) is 0 Å². The molecule has 0 spiro atoms. The Kier molecular flexibility index (Phi) is 4.63. The Balaban J connectivity index is 2.57. The van der Waals surface area contributed by atoms with Crippen LogP contribution in [0.5, 0.6) is 0 Å². The average Bonchev–Trinajstić information content (AvgIpc) is 2.18. The number of hydrogen-bond acceptors (Lipinski definition) is 2. The predicted octanol–water partition coefficient (Wildman–Crippen LogP) is 1.88. The molecule has 0 aromatic heterocycles. The van der Waals surface area contributed by atoms with Crippen molar-refractivity contribution in [1.82, 2.24) is 0 Å². The molecule has 0 saturated heterocycles. The van der Waals surface area contributed by atoms with E-state index >= 15 is 0 Å². The van der Waals surface area contributed by atoms with Gasteiger partial charge >= 0.3 is 0 Å². The molecule has 2 nitrogen and oxygen atoms in total. The minimum Gasteiger partial charge on any atom is -0.393 e. The summed E-state index contributed by atoms with van der Waals surface area (Å²) in [5, 5.41) is 18.5. The molecule has 0 saturated carbocycles. The highest BCUT2D eigenvalue weighted by Gasteiger charge is 2.04. The fourth-order valence-electron chi connectivity index (χ4n) is 1.56. The molecule has 0 aliphatic heterocycles. The summed E-state index contributed by atoms with van der Waals surface area (Å²) in [7, 11) is 0. The van der Waals surface area contributed by atoms with Gasteiger partial charge in [0.25, 0.3) is 0 Å². The van der Waals surface area contributed by atoms with E-state index in [1.807, 2.05) is 24.3 Å². The number of rotatable bonds is 5. The Hall–Kier alpha value is -0.860. The predicted molar refractivity (Wildman–Crippen MR) is 57.0 cm³/mol. The van der Waals surface area contributed by atoms with E-state index in [9.17, 15) is 5.11 Å². The molecule has 2 heteroatoms. The van der Waals surface area contributed by atoms with Crippen LogP contribution in [0.2, 0.25) is 0 Å². The van der Waals surface area contributed by atoms with Crippen molar-refractivity contribution < 1.29 is 10.2 Å². The first-order valence-electron chi connectivity index (χ1n) is 5.13. The van der Waals surface area contributed by atoms with E-state index in [1.165, 1.54) is 0 Å². The van der Waals surface area contributed by atoms with Crippen molar-refractivity contribution in [3.8, 4) is 0 Å². The molecule has 1 rings (SSSR count). The van der Waals surface area contributed by atoms with Gasteiger partial charge < -0.3 is 10.2 Å². The third-order valence-electron chi connectivity index (χ3n) is 2.27. The molecule has 14 heavy (non-hydrogen) atoms. The maximum atomic E-state index is 9.60. The molecule has 0 aliphatic carbocycles. The van der Waals surface area contributed by atoms with Crippen LogP contribution in [0.4, 0.5) is 0 Å². The summed E-state index contributed by atoms with van der Waals surface area (Å²) in [5.74, 6) is 0. The Morgan fingerprint density at radius 1 is 1.29 bits per heavy atom. The number of hydrogen-bond donors (Lipinski definition) is 2. The van der Waals surface area contributed by atoms with Crippen molar-refractivity contribution in [3.63, 3.8) is 0 Å². The Morgan fingerprint density at radius 3 is 2.64 bits per heavy atom. The minimum atomic E-state index is -0.256. The van der Waals surface area contributed by atoms with Crippen LogP contribution in [-0.4, -0.2) is 16.3 Å². The standard InChI is InChI=1S/C12H18O2/c1-2-4-12(14)8-10-5-3-6-11(7-10)9-13/h3,5-7,12-14H,2,4,8-9H2,1H3. The van der Waals surface area contributed by atoms with Crippen LogP contribution in [0.3, 0.4) is 0 Å². The summed E-state index contributed by atoms with van der Waals surface area (Å²) in [5.41, 5.74) is 2.00. The van der Waals surface area contributed by atoms with Crippen LogP contribution in [-0.2, 0) is 13.0 Å². The molecular formula is C12H18O2. The van der Waals surface area contributed by atoms with Gasteiger partial charge in [-0.05, 0) is 24.0 Å². The molecule has 1 atom stereocenters. The molecular weight excluding hydrogens is 176 g/mol. The van der Waals surface area contributed by atoms with E-state index < -0.39 is 0 Å². The van der Waals surface area contributed by atoms with E-state index in [0.717, 1.165) is 24.0 Å². The second kappa shape index (κ2) is 5.78. The van der Waals surface area contributed by atoms with Crippen LogP contribution >= 0.6 is 0 Å². The molecule has 78 valence electrons. The van der Waals surface area contributed by atoms with Crippen molar-refractivity contribution in [3.05, 3.63) is 35.4 Å². The Morgan fingerprint density at radius 2 is 2.00 bits per heavy atom. The van der Waals surface area contributed by atoms with Gasteiger partial charge in [0.15, 0.2) is 0 Å². The van der Waals surface area contributed by atoms with Crippen LogP contribution in [0.1, 0.15) is 30.9 Å². The van der Waals surface area contributed by atoms with Crippen molar-refractivity contribution in [2.75, 3.05) is 0 Å². The lowest BCUT2D eigenvalue weighted by molar-refractivity contribution is 0.164. The normalized spacial score (nSPS) is 12.8. The van der Waals surface area contributed by atoms with Crippen molar-refractivity contribution in [2.24, 2.45) is 0 Å². The number of aliphatic hydroxyl groups excluding tert-OH is 2. The zero-order chi connectivity index (χ0) is 10.4.